The Bertz CT molecular complexity index is 1100. The van der Waals surface area contributed by atoms with E-state index in [1.807, 2.05) is 0 Å². The molecule has 1 aliphatic carbocycles. The molecule has 6 nitrogen and oxygen atoms in total. The summed E-state index contributed by atoms with van der Waals surface area (Å²) in [5.74, 6) is -4.56. The first-order chi connectivity index (χ1) is 13.3. The van der Waals surface area contributed by atoms with Crippen LogP contribution in [0, 0.1) is 11.2 Å². The number of hydrogen-bond acceptors (Lipinski definition) is 5. The average molecular weight is 428 g/mol. The highest BCUT2D eigenvalue weighted by Crippen LogP contribution is 2.32. The molecule has 0 bridgehead atoms. The van der Waals surface area contributed by atoms with Crippen molar-refractivity contribution in [1.29, 1.82) is 5.41 Å². The summed E-state index contributed by atoms with van der Waals surface area (Å²) in [6.07, 6.45) is 2.65. The molecular formula is C17H13ClF3N5OS. The zero-order chi connectivity index (χ0) is 20.1. The lowest BCUT2D eigenvalue weighted by molar-refractivity contribution is -0.0312. The molecule has 2 N–H and O–H groups in total. The smallest absolute Gasteiger partial charge is 0.280 e. The predicted octanol–water partition coefficient (Wildman–Crippen LogP) is 4.19. The molecular weight excluding hydrogens is 415 g/mol. The second-order valence-corrected chi connectivity index (χ2v) is 7.71. The Balaban J connectivity index is 1.60. The maximum atomic E-state index is 14.0. The van der Waals surface area contributed by atoms with Crippen LogP contribution in [-0.4, -0.2) is 38.2 Å². The number of alkyl halides is 2. The van der Waals surface area contributed by atoms with Crippen LogP contribution in [0.15, 0.2) is 23.8 Å². The fraction of sp³-hybridized carbons (Fsp3) is 0.294. The molecule has 1 fully saturated rings. The number of carbonyl (C=O) groups is 1. The molecule has 0 aromatic carbocycles. The quantitative estimate of drug-likeness (QED) is 0.657. The van der Waals surface area contributed by atoms with Gasteiger partial charge in [-0.25, -0.2) is 22.7 Å². The number of thiazole rings is 1. The van der Waals surface area contributed by atoms with Crippen molar-refractivity contribution in [3.63, 3.8) is 0 Å². The van der Waals surface area contributed by atoms with Gasteiger partial charge in [0, 0.05) is 23.1 Å². The number of nitrogens with zero attached hydrogens (tertiary/aromatic N) is 3. The molecule has 0 spiro atoms. The summed E-state index contributed by atoms with van der Waals surface area (Å²) in [5.41, 5.74) is 1.20. The number of pyridine rings is 1. The van der Waals surface area contributed by atoms with Crippen LogP contribution in [0.3, 0.4) is 0 Å². The van der Waals surface area contributed by atoms with E-state index in [0.717, 1.165) is 17.5 Å². The SMILES string of the molecule is N=C1CCCC(F)(F)[C@@H]1NC(=O)c1nc(-c2cnn3cc(F)c(Cl)cc23)cs1. The molecule has 1 amide bonds. The maximum Gasteiger partial charge on any atom is 0.280 e. The van der Waals surface area contributed by atoms with Crippen molar-refractivity contribution in [3.8, 4) is 11.3 Å². The Morgan fingerprint density at radius 1 is 1.46 bits per heavy atom. The molecule has 3 aromatic rings. The number of carbonyl (C=O) groups excluding carboxylic acids is 1. The third-order valence-electron chi connectivity index (χ3n) is 4.54. The van der Waals surface area contributed by atoms with E-state index in [-0.39, 0.29) is 35.0 Å². The van der Waals surface area contributed by atoms with Crippen LogP contribution in [0.4, 0.5) is 13.2 Å². The van der Waals surface area contributed by atoms with Crippen molar-refractivity contribution in [2.24, 2.45) is 0 Å². The standard InChI is InChI=1S/C17H13ClF3N5OS/c18-9-4-13-8(5-23-26(13)6-10(9)19)12-7-28-16(24-12)15(27)25-14-11(22)2-1-3-17(14,20)21/h4-7,14,22H,1-3H2,(H,25,27)/t14-/m1/s1. The minimum atomic E-state index is -3.16. The fourth-order valence-electron chi connectivity index (χ4n) is 3.12. The van der Waals surface area contributed by atoms with Crippen LogP contribution in [0.5, 0.6) is 0 Å². The van der Waals surface area contributed by atoms with Crippen molar-refractivity contribution in [2.45, 2.75) is 31.2 Å². The van der Waals surface area contributed by atoms with E-state index in [1.165, 1.54) is 16.8 Å². The first-order valence-corrected chi connectivity index (χ1v) is 9.56. The van der Waals surface area contributed by atoms with Gasteiger partial charge in [0.15, 0.2) is 10.8 Å². The minimum absolute atomic E-state index is 0.0169. The van der Waals surface area contributed by atoms with Gasteiger partial charge in [-0.05, 0) is 18.9 Å². The summed E-state index contributed by atoms with van der Waals surface area (Å²) in [6, 6.07) is -0.234. The molecule has 4 rings (SSSR count). The molecule has 0 saturated heterocycles. The topological polar surface area (TPSA) is 83.1 Å². The first-order valence-electron chi connectivity index (χ1n) is 8.30. The van der Waals surface area contributed by atoms with Crippen LogP contribution in [0.25, 0.3) is 16.8 Å². The molecule has 1 atom stereocenters. The van der Waals surface area contributed by atoms with Crippen molar-refractivity contribution >= 4 is 40.1 Å². The van der Waals surface area contributed by atoms with Gasteiger partial charge in [0.05, 0.1) is 28.6 Å². The largest absolute Gasteiger partial charge is 0.336 e. The lowest BCUT2D eigenvalue weighted by atomic mass is 9.89. The van der Waals surface area contributed by atoms with E-state index in [9.17, 15) is 18.0 Å². The van der Waals surface area contributed by atoms with E-state index >= 15 is 0 Å². The number of halogens is 4. The first kappa shape index (κ1) is 18.9. The van der Waals surface area contributed by atoms with Gasteiger partial charge in [0.2, 0.25) is 0 Å². The Hall–Kier alpha value is -2.46. The molecule has 146 valence electrons. The summed E-state index contributed by atoms with van der Waals surface area (Å²) < 4.78 is 42.9. The van der Waals surface area contributed by atoms with E-state index < -0.39 is 23.7 Å². The molecule has 28 heavy (non-hydrogen) atoms. The summed E-state index contributed by atoms with van der Waals surface area (Å²) in [5, 5.41) is 15.5. The zero-order valence-corrected chi connectivity index (χ0v) is 15.8. The van der Waals surface area contributed by atoms with Crippen molar-refractivity contribution < 1.29 is 18.0 Å². The minimum Gasteiger partial charge on any atom is -0.336 e. The summed E-state index contributed by atoms with van der Waals surface area (Å²) in [4.78, 5) is 16.6. The predicted molar refractivity (Wildman–Crippen MR) is 99.0 cm³/mol. The van der Waals surface area contributed by atoms with Crippen LogP contribution < -0.4 is 5.32 Å². The highest BCUT2D eigenvalue weighted by Gasteiger charge is 2.45. The third-order valence-corrected chi connectivity index (χ3v) is 5.67. The highest BCUT2D eigenvalue weighted by atomic mass is 35.5. The normalized spacial score (nSPS) is 19.1. The van der Waals surface area contributed by atoms with Gasteiger partial charge >= 0.3 is 0 Å². The lowest BCUT2D eigenvalue weighted by Crippen LogP contribution is -2.54. The van der Waals surface area contributed by atoms with Crippen molar-refractivity contribution in [2.75, 3.05) is 0 Å². The van der Waals surface area contributed by atoms with Gasteiger partial charge < -0.3 is 10.7 Å². The van der Waals surface area contributed by atoms with E-state index in [0.29, 0.717) is 16.8 Å². The van der Waals surface area contributed by atoms with Crippen molar-refractivity contribution in [3.05, 3.63) is 39.7 Å². The van der Waals surface area contributed by atoms with Crippen LogP contribution >= 0.6 is 22.9 Å². The average Bonchev–Trinajstić information content (AvgIpc) is 3.25. The van der Waals surface area contributed by atoms with E-state index in [2.05, 4.69) is 15.4 Å². The Morgan fingerprint density at radius 2 is 2.25 bits per heavy atom. The molecule has 0 radical (unpaired) electrons. The Morgan fingerprint density at radius 3 is 3.00 bits per heavy atom. The van der Waals surface area contributed by atoms with Gasteiger partial charge in [-0.3, -0.25) is 4.79 Å². The summed E-state index contributed by atoms with van der Waals surface area (Å²) in [7, 11) is 0. The number of aromatic nitrogens is 3. The molecule has 1 aliphatic rings. The second-order valence-electron chi connectivity index (χ2n) is 6.44. The van der Waals surface area contributed by atoms with Crippen LogP contribution in [0.1, 0.15) is 29.1 Å². The number of amides is 1. The maximum absolute atomic E-state index is 14.0. The van der Waals surface area contributed by atoms with Gasteiger partial charge in [-0.1, -0.05) is 11.6 Å². The van der Waals surface area contributed by atoms with Crippen LogP contribution in [0.2, 0.25) is 5.02 Å². The number of hydrogen-bond donors (Lipinski definition) is 2. The summed E-state index contributed by atoms with van der Waals surface area (Å²) >= 11 is 6.80. The zero-order valence-electron chi connectivity index (χ0n) is 14.2. The monoisotopic (exact) mass is 427 g/mol. The van der Waals surface area contributed by atoms with E-state index in [1.54, 1.807) is 5.38 Å². The fourth-order valence-corrected chi connectivity index (χ4v) is 3.99. The molecule has 0 unspecified atom stereocenters. The van der Waals surface area contributed by atoms with Gasteiger partial charge in [-0.15, -0.1) is 11.3 Å². The second kappa shape index (κ2) is 6.85. The van der Waals surface area contributed by atoms with Gasteiger partial charge in [-0.2, -0.15) is 5.10 Å². The number of rotatable bonds is 3. The van der Waals surface area contributed by atoms with E-state index in [4.69, 9.17) is 17.0 Å². The highest BCUT2D eigenvalue weighted by molar-refractivity contribution is 7.12. The molecule has 3 heterocycles. The van der Waals surface area contributed by atoms with Gasteiger partial charge in [0.1, 0.15) is 6.04 Å². The Kier molecular flexibility index (Phi) is 4.62. The van der Waals surface area contributed by atoms with Gasteiger partial charge in [0.25, 0.3) is 11.8 Å². The van der Waals surface area contributed by atoms with Crippen molar-refractivity contribution in [1.82, 2.24) is 19.9 Å². The Labute approximate surface area is 165 Å². The number of fused-ring (bicyclic) bond motifs is 1. The number of nitrogens with one attached hydrogen (secondary N) is 2. The third kappa shape index (κ3) is 3.26. The summed E-state index contributed by atoms with van der Waals surface area (Å²) in [6.45, 7) is 0. The molecule has 1 saturated carbocycles. The molecule has 3 aromatic heterocycles. The van der Waals surface area contributed by atoms with Crippen LogP contribution in [-0.2, 0) is 0 Å². The lowest BCUT2D eigenvalue weighted by Gasteiger charge is -2.32. The molecule has 0 aliphatic heterocycles. The molecule has 11 heteroatoms.